The van der Waals surface area contributed by atoms with Crippen LogP contribution in [-0.4, -0.2) is 77.5 Å². The van der Waals surface area contributed by atoms with Crippen molar-refractivity contribution in [3.05, 3.63) is 24.3 Å². The third-order valence-corrected chi connectivity index (χ3v) is 2.65. The van der Waals surface area contributed by atoms with Gasteiger partial charge in [0.05, 0.1) is 6.67 Å². The molecule has 0 rings (SSSR count). The van der Waals surface area contributed by atoms with Gasteiger partial charge in [-0.15, -0.1) is 0 Å². The van der Waals surface area contributed by atoms with E-state index in [4.69, 9.17) is 0 Å². The van der Waals surface area contributed by atoms with Gasteiger partial charge in [-0.1, -0.05) is 13.2 Å². The molecule has 0 atom stereocenters. The minimum Gasteiger partial charge on any atom is -0.441 e. The molecule has 4 N–H and O–H groups in total. The molecule has 0 aliphatic rings. The van der Waals surface area contributed by atoms with Gasteiger partial charge in [-0.05, 0) is 20.9 Å². The average molecular weight is 492 g/mol. The lowest BCUT2D eigenvalue weighted by molar-refractivity contribution is -0.140. The fraction of sp³-hybridized carbons (Fsp3) is 0.444. The van der Waals surface area contributed by atoms with Gasteiger partial charge < -0.3 is 39.1 Å². The van der Waals surface area contributed by atoms with E-state index in [-0.39, 0.29) is 37.7 Å². The smallest absolute Gasteiger partial charge is 0.412 e. The first kappa shape index (κ1) is 31.8. The Morgan fingerprint density at radius 2 is 1.12 bits per heavy atom. The molecule has 0 unspecified atom stereocenters. The van der Waals surface area contributed by atoms with Crippen LogP contribution in [0.25, 0.3) is 0 Å². The number of carbonyl (C=O) groups excluding carboxylic acids is 6. The van der Waals surface area contributed by atoms with Gasteiger partial charge in [0.25, 0.3) is 6.47 Å². The lowest BCUT2D eigenvalue weighted by Crippen LogP contribution is -2.34. The van der Waals surface area contributed by atoms with Gasteiger partial charge in [-0.25, -0.2) is 24.0 Å². The molecule has 0 aliphatic heterocycles. The van der Waals surface area contributed by atoms with Crippen LogP contribution in [0.15, 0.2) is 24.3 Å². The molecule has 0 aromatic rings. The molecule has 0 saturated carbocycles. The second-order valence-corrected chi connectivity index (χ2v) is 5.57. The van der Waals surface area contributed by atoms with E-state index in [0.29, 0.717) is 0 Å². The summed E-state index contributed by atoms with van der Waals surface area (Å²) in [5.74, 6) is -1.26. The van der Waals surface area contributed by atoms with E-state index in [9.17, 15) is 28.8 Å². The van der Waals surface area contributed by atoms with E-state index in [1.807, 2.05) is 0 Å². The van der Waals surface area contributed by atoms with Gasteiger partial charge in [0.2, 0.25) is 13.6 Å². The Balaban J connectivity index is 0. The summed E-state index contributed by atoms with van der Waals surface area (Å²) < 4.78 is 26.4. The second kappa shape index (κ2) is 20.6. The highest BCUT2D eigenvalue weighted by Crippen LogP contribution is 1.91. The number of amides is 3. The first-order valence-electron chi connectivity index (χ1n) is 9.12. The molecule has 34 heavy (non-hydrogen) atoms. The van der Waals surface area contributed by atoms with Gasteiger partial charge in [-0.2, -0.15) is 0 Å². The topological polar surface area (TPSA) is 206 Å². The molecule has 16 nitrogen and oxygen atoms in total. The molecule has 0 fully saturated rings. The zero-order valence-electron chi connectivity index (χ0n) is 18.9. The zero-order valence-corrected chi connectivity index (χ0v) is 18.9. The van der Waals surface area contributed by atoms with Crippen molar-refractivity contribution in [1.82, 2.24) is 21.3 Å². The van der Waals surface area contributed by atoms with Crippen LogP contribution in [0.5, 0.6) is 0 Å². The van der Waals surface area contributed by atoms with Crippen LogP contribution in [-0.2, 0) is 42.8 Å². The minimum absolute atomic E-state index is 0.133. The predicted molar refractivity (Wildman–Crippen MR) is 111 cm³/mol. The lowest BCUT2D eigenvalue weighted by Gasteiger charge is -2.08. The molecule has 192 valence electrons. The molecule has 0 aromatic heterocycles. The van der Waals surface area contributed by atoms with Gasteiger partial charge in [0.1, 0.15) is 0 Å². The summed E-state index contributed by atoms with van der Waals surface area (Å²) in [6.07, 6.45) is -2.50. The Bertz CT molecular complexity index is 726. The Labute approximate surface area is 194 Å². The van der Waals surface area contributed by atoms with Gasteiger partial charge >= 0.3 is 30.2 Å². The average Bonchev–Trinajstić information content (AvgIpc) is 2.78. The molecular weight excluding hydrogens is 464 g/mol. The molecule has 0 radical (unpaired) electrons. The molecular formula is C18H28N4O12. The number of nitrogens with one attached hydrogen (secondary N) is 4. The number of ether oxygens (including phenoxy) is 6. The minimum atomic E-state index is -0.893. The number of rotatable bonds is 13. The molecule has 3 amide bonds. The lowest BCUT2D eigenvalue weighted by atomic mass is 10.4. The number of esters is 2. The molecule has 0 aliphatic carbocycles. The van der Waals surface area contributed by atoms with E-state index < -0.39 is 43.8 Å². The van der Waals surface area contributed by atoms with Crippen molar-refractivity contribution in [1.29, 1.82) is 0 Å². The highest BCUT2D eigenvalue weighted by atomic mass is 16.7. The largest absolute Gasteiger partial charge is 0.441 e. The number of hydrogen-bond donors (Lipinski definition) is 4. The van der Waals surface area contributed by atoms with Crippen LogP contribution in [0.4, 0.5) is 14.4 Å². The molecule has 0 heterocycles. The Hall–Kier alpha value is -4.34. The van der Waals surface area contributed by atoms with Crippen LogP contribution in [0.3, 0.4) is 0 Å². The Morgan fingerprint density at radius 3 is 1.50 bits per heavy atom. The molecule has 0 aromatic carbocycles. The molecule has 16 heteroatoms. The molecule has 0 spiro atoms. The standard InChI is InChI=1S/C10H17N3O6.C8H11NO6/c1-7(2)8(14)17-5-13-10(16)19-6-18-9(15)12-4-11-3;1-6(2)7(11)14-3-9-8(12)15-5-13-4-10/h11H,1,4-6H2,2-3H3,(H,12,15)(H,13,16);4H,1,3,5H2,2H3,(H,9,12). The van der Waals surface area contributed by atoms with Crippen molar-refractivity contribution >= 4 is 36.7 Å². The highest BCUT2D eigenvalue weighted by Gasteiger charge is 2.07. The van der Waals surface area contributed by atoms with Gasteiger partial charge in [0.15, 0.2) is 13.5 Å². The maximum Gasteiger partial charge on any atom is 0.412 e. The van der Waals surface area contributed by atoms with E-state index in [2.05, 4.69) is 62.8 Å². The second-order valence-electron chi connectivity index (χ2n) is 5.57. The summed E-state index contributed by atoms with van der Waals surface area (Å²) in [6, 6.07) is 0. The maximum atomic E-state index is 11.0. The third-order valence-electron chi connectivity index (χ3n) is 2.65. The normalized spacial score (nSPS) is 8.91. The fourth-order valence-corrected chi connectivity index (χ4v) is 1.13. The predicted octanol–water partition coefficient (Wildman–Crippen LogP) is -0.430. The Morgan fingerprint density at radius 1 is 0.706 bits per heavy atom. The summed E-state index contributed by atoms with van der Waals surface area (Å²) in [7, 11) is 1.64. The summed E-state index contributed by atoms with van der Waals surface area (Å²) in [5.41, 5.74) is 0.425. The SMILES string of the molecule is C=C(C)C(=O)OCNC(=O)OCOC(=O)NCNC.C=C(C)C(=O)OCNC(=O)OCOC=O. The van der Waals surface area contributed by atoms with Crippen LogP contribution in [0.2, 0.25) is 0 Å². The van der Waals surface area contributed by atoms with Crippen molar-refractivity contribution in [3.8, 4) is 0 Å². The van der Waals surface area contributed by atoms with Crippen molar-refractivity contribution in [3.63, 3.8) is 0 Å². The van der Waals surface area contributed by atoms with Crippen molar-refractivity contribution < 1.29 is 57.2 Å². The van der Waals surface area contributed by atoms with Crippen LogP contribution in [0, 0.1) is 0 Å². The van der Waals surface area contributed by atoms with Crippen molar-refractivity contribution in [2.75, 3.05) is 40.8 Å². The van der Waals surface area contributed by atoms with Crippen LogP contribution in [0.1, 0.15) is 13.8 Å². The molecule has 0 bridgehead atoms. The molecule has 0 saturated heterocycles. The third kappa shape index (κ3) is 20.9. The van der Waals surface area contributed by atoms with E-state index in [0.717, 1.165) is 0 Å². The summed E-state index contributed by atoms with van der Waals surface area (Å²) in [6.45, 7) is 8.23. The van der Waals surface area contributed by atoms with Gasteiger partial charge in [0, 0.05) is 11.1 Å². The number of hydrogen-bond acceptors (Lipinski definition) is 13. The summed E-state index contributed by atoms with van der Waals surface area (Å²) in [5, 5.41) is 9.17. The number of carbonyl (C=O) groups is 6. The summed E-state index contributed by atoms with van der Waals surface area (Å²) >= 11 is 0. The number of alkyl carbamates (subject to hydrolysis) is 3. The summed E-state index contributed by atoms with van der Waals surface area (Å²) in [4.78, 5) is 64.0. The van der Waals surface area contributed by atoms with Crippen LogP contribution >= 0.6 is 0 Å². The first-order valence-corrected chi connectivity index (χ1v) is 9.12. The maximum absolute atomic E-state index is 11.0. The van der Waals surface area contributed by atoms with E-state index in [1.54, 1.807) is 7.05 Å². The highest BCUT2D eigenvalue weighted by molar-refractivity contribution is 5.87. The quantitative estimate of drug-likeness (QED) is 0.0644. The van der Waals surface area contributed by atoms with Gasteiger partial charge in [-0.3, -0.25) is 15.4 Å². The Kier molecular flexibility index (Phi) is 19.3. The zero-order chi connectivity index (χ0) is 26.4. The van der Waals surface area contributed by atoms with Crippen molar-refractivity contribution in [2.24, 2.45) is 0 Å². The van der Waals surface area contributed by atoms with E-state index >= 15 is 0 Å². The fourth-order valence-electron chi connectivity index (χ4n) is 1.13. The van der Waals surface area contributed by atoms with Crippen molar-refractivity contribution in [2.45, 2.75) is 13.8 Å². The monoisotopic (exact) mass is 492 g/mol. The van der Waals surface area contributed by atoms with E-state index in [1.165, 1.54) is 13.8 Å². The first-order chi connectivity index (χ1) is 16.0. The van der Waals surface area contributed by atoms with Crippen LogP contribution < -0.4 is 21.3 Å².